The zero-order valence-corrected chi connectivity index (χ0v) is 11.2. The van der Waals surface area contributed by atoms with Crippen molar-refractivity contribution in [3.63, 3.8) is 0 Å². The third kappa shape index (κ3) is 4.80. The Morgan fingerprint density at radius 2 is 2.11 bits per heavy atom. The van der Waals surface area contributed by atoms with E-state index in [0.29, 0.717) is 38.6 Å². The summed E-state index contributed by atoms with van der Waals surface area (Å²) in [5.41, 5.74) is 0. The van der Waals surface area contributed by atoms with Gasteiger partial charge < -0.3 is 20.7 Å². The van der Waals surface area contributed by atoms with E-state index in [2.05, 4.69) is 16.0 Å². The minimum absolute atomic E-state index is 0.0221. The van der Waals surface area contributed by atoms with E-state index in [0.717, 1.165) is 25.9 Å². The molecule has 3 N–H and O–H groups in total. The molecule has 0 radical (unpaired) electrons. The fourth-order valence-electron chi connectivity index (χ4n) is 2.46. The van der Waals surface area contributed by atoms with Gasteiger partial charge in [0, 0.05) is 19.5 Å². The summed E-state index contributed by atoms with van der Waals surface area (Å²) in [6, 6.07) is 0. The average molecular weight is 269 g/mol. The molecule has 2 saturated heterocycles. The number of piperidine rings is 2. The Labute approximate surface area is 113 Å². The number of carbonyl (C=O) groups is 2. The quantitative estimate of drug-likeness (QED) is 0.582. The van der Waals surface area contributed by atoms with Gasteiger partial charge in [-0.25, -0.2) is 0 Å². The van der Waals surface area contributed by atoms with Gasteiger partial charge >= 0.3 is 0 Å². The van der Waals surface area contributed by atoms with E-state index in [4.69, 9.17) is 4.74 Å². The number of amides is 2. The summed E-state index contributed by atoms with van der Waals surface area (Å²) >= 11 is 0. The highest BCUT2D eigenvalue weighted by atomic mass is 16.5. The number of hydrogen-bond acceptors (Lipinski definition) is 4. The number of nitrogens with one attached hydrogen (secondary N) is 3. The lowest BCUT2D eigenvalue weighted by molar-refractivity contribution is -0.129. The number of ether oxygens (including phenoxy) is 1. The third-order valence-corrected chi connectivity index (χ3v) is 3.68. The van der Waals surface area contributed by atoms with Gasteiger partial charge in [-0.15, -0.1) is 0 Å². The first-order chi connectivity index (χ1) is 9.25. The summed E-state index contributed by atoms with van der Waals surface area (Å²) in [6.45, 7) is 3.60. The van der Waals surface area contributed by atoms with Crippen LogP contribution in [0.15, 0.2) is 0 Å². The molecule has 0 aromatic carbocycles. The van der Waals surface area contributed by atoms with Gasteiger partial charge in [-0.1, -0.05) is 0 Å². The Hall–Kier alpha value is -1.14. The smallest absolute Gasteiger partial charge is 0.224 e. The van der Waals surface area contributed by atoms with Crippen LogP contribution in [-0.2, 0) is 14.3 Å². The maximum atomic E-state index is 11.8. The normalized spacial score (nSPS) is 24.8. The van der Waals surface area contributed by atoms with Gasteiger partial charge in [0.2, 0.25) is 11.8 Å². The molecule has 0 spiro atoms. The molecule has 0 aromatic rings. The lowest BCUT2D eigenvalue weighted by atomic mass is 9.98. The zero-order valence-electron chi connectivity index (χ0n) is 11.2. The largest absolute Gasteiger partial charge is 0.376 e. The predicted molar refractivity (Wildman–Crippen MR) is 70.6 cm³/mol. The molecule has 1 unspecified atom stereocenters. The third-order valence-electron chi connectivity index (χ3n) is 3.68. The van der Waals surface area contributed by atoms with Crippen molar-refractivity contribution in [2.75, 3.05) is 32.8 Å². The van der Waals surface area contributed by atoms with Crippen LogP contribution in [-0.4, -0.2) is 50.7 Å². The van der Waals surface area contributed by atoms with Crippen LogP contribution in [0.5, 0.6) is 0 Å². The van der Waals surface area contributed by atoms with Crippen molar-refractivity contribution in [2.24, 2.45) is 5.92 Å². The summed E-state index contributed by atoms with van der Waals surface area (Å²) in [5.74, 6) is -0.0243. The van der Waals surface area contributed by atoms with Crippen LogP contribution in [0.1, 0.15) is 25.7 Å². The van der Waals surface area contributed by atoms with Crippen LogP contribution >= 0.6 is 0 Å². The molecule has 0 aliphatic carbocycles. The van der Waals surface area contributed by atoms with Crippen molar-refractivity contribution < 1.29 is 14.3 Å². The molecular formula is C13H23N3O3. The zero-order chi connectivity index (χ0) is 13.5. The molecule has 19 heavy (non-hydrogen) atoms. The summed E-state index contributed by atoms with van der Waals surface area (Å²) in [6.07, 6.45) is 3.51. The number of hydrogen-bond donors (Lipinski definition) is 3. The van der Waals surface area contributed by atoms with Gasteiger partial charge in [-0.3, -0.25) is 9.59 Å². The Morgan fingerprint density at radius 3 is 2.79 bits per heavy atom. The molecule has 2 fully saturated rings. The van der Waals surface area contributed by atoms with Crippen molar-refractivity contribution in [3.05, 3.63) is 0 Å². The van der Waals surface area contributed by atoms with Gasteiger partial charge in [0.15, 0.2) is 0 Å². The van der Waals surface area contributed by atoms with Crippen LogP contribution in [0, 0.1) is 5.92 Å². The van der Waals surface area contributed by atoms with Crippen LogP contribution in [0.4, 0.5) is 0 Å². The molecule has 2 heterocycles. The molecule has 2 amide bonds. The Balaban J connectivity index is 1.54. The molecule has 0 saturated carbocycles. The second-order valence-corrected chi connectivity index (χ2v) is 5.15. The fraction of sp³-hybridized carbons (Fsp3) is 0.846. The molecular weight excluding hydrogens is 246 g/mol. The summed E-state index contributed by atoms with van der Waals surface area (Å²) in [7, 11) is 0. The maximum absolute atomic E-state index is 11.8. The van der Waals surface area contributed by atoms with E-state index in [1.807, 2.05) is 0 Å². The van der Waals surface area contributed by atoms with E-state index in [-0.39, 0.29) is 17.7 Å². The van der Waals surface area contributed by atoms with Crippen molar-refractivity contribution in [1.82, 2.24) is 16.0 Å². The van der Waals surface area contributed by atoms with Gasteiger partial charge in [-0.05, 0) is 32.4 Å². The lowest BCUT2D eigenvalue weighted by Gasteiger charge is -2.24. The second kappa shape index (κ2) is 7.45. The number of carbonyl (C=O) groups excluding carboxylic acids is 2. The first-order valence-electron chi connectivity index (χ1n) is 7.12. The predicted octanol–water partition coefficient (Wildman–Crippen LogP) is -0.603. The SMILES string of the molecule is O=C1CCC(C(=O)NCCOC2CCNCC2)CN1. The Kier molecular flexibility index (Phi) is 5.60. The average Bonchev–Trinajstić information content (AvgIpc) is 2.45. The lowest BCUT2D eigenvalue weighted by Crippen LogP contribution is -2.43. The molecule has 1 atom stereocenters. The van der Waals surface area contributed by atoms with Crippen molar-refractivity contribution >= 4 is 11.8 Å². The topological polar surface area (TPSA) is 79.5 Å². The van der Waals surface area contributed by atoms with Crippen molar-refractivity contribution in [2.45, 2.75) is 31.8 Å². The second-order valence-electron chi connectivity index (χ2n) is 5.15. The molecule has 2 aliphatic heterocycles. The van der Waals surface area contributed by atoms with E-state index in [1.165, 1.54) is 0 Å². The fourth-order valence-corrected chi connectivity index (χ4v) is 2.46. The highest BCUT2D eigenvalue weighted by molar-refractivity contribution is 5.83. The van der Waals surface area contributed by atoms with Gasteiger partial charge in [0.05, 0.1) is 18.6 Å². The van der Waals surface area contributed by atoms with Gasteiger partial charge in [-0.2, -0.15) is 0 Å². The minimum Gasteiger partial charge on any atom is -0.376 e. The molecule has 2 aliphatic rings. The summed E-state index contributed by atoms with van der Waals surface area (Å²) in [4.78, 5) is 22.8. The molecule has 6 nitrogen and oxygen atoms in total. The molecule has 0 bridgehead atoms. The Bertz CT molecular complexity index is 306. The Morgan fingerprint density at radius 1 is 1.32 bits per heavy atom. The minimum atomic E-state index is -0.0865. The molecule has 0 aromatic heterocycles. The van der Waals surface area contributed by atoms with Crippen molar-refractivity contribution in [3.8, 4) is 0 Å². The molecule has 6 heteroatoms. The number of rotatable bonds is 5. The van der Waals surface area contributed by atoms with E-state index < -0.39 is 0 Å². The monoisotopic (exact) mass is 269 g/mol. The summed E-state index contributed by atoms with van der Waals surface area (Å²) in [5, 5.41) is 8.88. The van der Waals surface area contributed by atoms with Gasteiger partial charge in [0.1, 0.15) is 0 Å². The van der Waals surface area contributed by atoms with Crippen LogP contribution in [0.2, 0.25) is 0 Å². The van der Waals surface area contributed by atoms with E-state index >= 15 is 0 Å². The highest BCUT2D eigenvalue weighted by Crippen LogP contribution is 2.10. The maximum Gasteiger partial charge on any atom is 0.224 e. The van der Waals surface area contributed by atoms with Crippen molar-refractivity contribution in [1.29, 1.82) is 0 Å². The standard InChI is InChI=1S/C13H23N3O3/c17-12-2-1-10(9-16-12)13(18)15-7-8-19-11-3-5-14-6-4-11/h10-11,14H,1-9H2,(H,15,18)(H,16,17). The van der Waals surface area contributed by atoms with E-state index in [1.54, 1.807) is 0 Å². The van der Waals surface area contributed by atoms with Crippen LogP contribution in [0.3, 0.4) is 0 Å². The van der Waals surface area contributed by atoms with Crippen LogP contribution in [0.25, 0.3) is 0 Å². The summed E-state index contributed by atoms with van der Waals surface area (Å²) < 4.78 is 5.71. The van der Waals surface area contributed by atoms with E-state index in [9.17, 15) is 9.59 Å². The van der Waals surface area contributed by atoms with Crippen LogP contribution < -0.4 is 16.0 Å². The molecule has 2 rings (SSSR count). The van der Waals surface area contributed by atoms with Gasteiger partial charge in [0.25, 0.3) is 0 Å². The first-order valence-corrected chi connectivity index (χ1v) is 7.12. The first kappa shape index (κ1) is 14.3. The highest BCUT2D eigenvalue weighted by Gasteiger charge is 2.24. The molecule has 108 valence electrons.